The highest BCUT2D eigenvalue weighted by Crippen LogP contribution is 2.38. The molecule has 2 aromatic rings. The van der Waals surface area contributed by atoms with Crippen LogP contribution >= 0.6 is 0 Å². The van der Waals surface area contributed by atoms with Gasteiger partial charge in [-0.15, -0.1) is 0 Å². The fourth-order valence-electron chi connectivity index (χ4n) is 3.30. The van der Waals surface area contributed by atoms with E-state index in [1.54, 1.807) is 27.5 Å². The molecule has 0 spiro atoms. The molecule has 0 saturated heterocycles. The van der Waals surface area contributed by atoms with Crippen LogP contribution in [0, 0.1) is 0 Å². The molecule has 0 fully saturated rings. The molecule has 0 bridgehead atoms. The predicted octanol–water partition coefficient (Wildman–Crippen LogP) is 3.82. The summed E-state index contributed by atoms with van der Waals surface area (Å²) < 4.78 is 18.6. The third kappa shape index (κ3) is 6.37. The molecule has 0 atom stereocenters. The Morgan fingerprint density at radius 2 is 1.71 bits per heavy atom. The first-order valence-corrected chi connectivity index (χ1v) is 10.9. The molecule has 0 unspecified atom stereocenters. The van der Waals surface area contributed by atoms with Gasteiger partial charge in [0.2, 0.25) is 5.75 Å². The molecule has 8 nitrogen and oxygen atoms in total. The Bertz CT molecular complexity index is 806. The van der Waals surface area contributed by atoms with E-state index in [-0.39, 0.29) is 0 Å². The molecule has 31 heavy (non-hydrogen) atoms. The van der Waals surface area contributed by atoms with E-state index in [2.05, 4.69) is 40.4 Å². The lowest BCUT2D eigenvalue weighted by Gasteiger charge is -2.17. The van der Waals surface area contributed by atoms with Gasteiger partial charge in [0.1, 0.15) is 6.61 Å². The van der Waals surface area contributed by atoms with Crippen molar-refractivity contribution in [1.82, 2.24) is 14.5 Å². The summed E-state index contributed by atoms with van der Waals surface area (Å²) in [5.41, 5.74) is 1.40. The van der Waals surface area contributed by atoms with Crippen molar-refractivity contribution in [3.63, 3.8) is 0 Å². The summed E-state index contributed by atoms with van der Waals surface area (Å²) in [6.45, 7) is 10.6. The van der Waals surface area contributed by atoms with Crippen LogP contribution in [0.2, 0.25) is 0 Å². The van der Waals surface area contributed by atoms with Gasteiger partial charge in [0.25, 0.3) is 0 Å². The van der Waals surface area contributed by atoms with Crippen molar-refractivity contribution in [2.75, 3.05) is 47.6 Å². The normalized spacial score (nSPS) is 11.6. The van der Waals surface area contributed by atoms with E-state index >= 15 is 0 Å². The standard InChI is InChI=1S/C23H36N4O4/c1-7-10-12-27-13-11-24-23(27)21(25-31-15-14-26(8-2)9-3)18-16-19(28-4)22(30-6)20(17-18)29-5/h11,13,16-17H,7-10,12,14-15H2,1-6H3/b25-21+. The van der Waals surface area contributed by atoms with Gasteiger partial charge >= 0.3 is 0 Å². The fourth-order valence-corrected chi connectivity index (χ4v) is 3.30. The second-order valence-corrected chi connectivity index (χ2v) is 7.01. The molecular formula is C23H36N4O4. The van der Waals surface area contributed by atoms with E-state index in [4.69, 9.17) is 19.0 Å². The van der Waals surface area contributed by atoms with Crippen LogP contribution in [0.15, 0.2) is 29.7 Å². The third-order valence-corrected chi connectivity index (χ3v) is 5.17. The number of imidazole rings is 1. The summed E-state index contributed by atoms with van der Waals surface area (Å²) in [6, 6.07) is 3.74. The number of nitrogens with zero attached hydrogens (tertiary/aromatic N) is 4. The molecule has 1 aromatic heterocycles. The number of ether oxygens (including phenoxy) is 3. The second-order valence-electron chi connectivity index (χ2n) is 7.01. The largest absolute Gasteiger partial charge is 0.493 e. The van der Waals surface area contributed by atoms with Crippen LogP contribution in [0.5, 0.6) is 17.2 Å². The lowest BCUT2D eigenvalue weighted by Crippen LogP contribution is -2.26. The molecule has 0 aliphatic carbocycles. The van der Waals surface area contributed by atoms with Gasteiger partial charge in [-0.3, -0.25) is 0 Å². The molecule has 0 N–H and O–H groups in total. The van der Waals surface area contributed by atoms with Crippen LogP contribution in [0.25, 0.3) is 0 Å². The zero-order chi connectivity index (χ0) is 22.6. The number of benzene rings is 1. The van der Waals surface area contributed by atoms with Crippen molar-refractivity contribution in [2.24, 2.45) is 5.16 Å². The maximum Gasteiger partial charge on any atom is 0.203 e. The summed E-state index contributed by atoms with van der Waals surface area (Å²) in [5.74, 6) is 2.38. The van der Waals surface area contributed by atoms with Crippen LogP contribution in [0.1, 0.15) is 45.0 Å². The van der Waals surface area contributed by atoms with Crippen molar-refractivity contribution in [1.29, 1.82) is 0 Å². The van der Waals surface area contributed by atoms with Gasteiger partial charge in [0, 0.05) is 31.0 Å². The first kappa shape index (κ1) is 24.5. The minimum absolute atomic E-state index is 0.491. The highest BCUT2D eigenvalue weighted by Gasteiger charge is 2.20. The number of likely N-dealkylation sites (N-methyl/N-ethyl adjacent to an activating group) is 1. The summed E-state index contributed by atoms with van der Waals surface area (Å²) in [6.07, 6.45) is 5.90. The molecule has 2 rings (SSSR count). The molecule has 0 aliphatic heterocycles. The molecule has 0 saturated carbocycles. The van der Waals surface area contributed by atoms with Gasteiger partial charge in [-0.25, -0.2) is 4.98 Å². The average Bonchev–Trinajstić information content (AvgIpc) is 3.27. The van der Waals surface area contributed by atoms with E-state index in [0.29, 0.717) is 29.6 Å². The van der Waals surface area contributed by atoms with E-state index in [9.17, 15) is 0 Å². The molecule has 0 amide bonds. The molecular weight excluding hydrogens is 396 g/mol. The van der Waals surface area contributed by atoms with E-state index in [0.717, 1.165) is 50.4 Å². The first-order chi connectivity index (χ1) is 15.1. The Morgan fingerprint density at radius 1 is 1.03 bits per heavy atom. The number of oxime groups is 1. The Morgan fingerprint density at radius 3 is 2.26 bits per heavy atom. The van der Waals surface area contributed by atoms with Gasteiger partial charge in [0.05, 0.1) is 21.3 Å². The second kappa shape index (κ2) is 12.8. The van der Waals surface area contributed by atoms with Crippen molar-refractivity contribution >= 4 is 5.71 Å². The van der Waals surface area contributed by atoms with Gasteiger partial charge in [0.15, 0.2) is 23.0 Å². The van der Waals surface area contributed by atoms with E-state index in [1.807, 2.05) is 18.3 Å². The van der Waals surface area contributed by atoms with Crippen molar-refractivity contribution in [3.05, 3.63) is 35.9 Å². The minimum atomic E-state index is 0.491. The molecule has 172 valence electrons. The monoisotopic (exact) mass is 432 g/mol. The lowest BCUT2D eigenvalue weighted by atomic mass is 10.1. The Kier molecular flexibility index (Phi) is 10.2. The Hall–Kier alpha value is -2.74. The van der Waals surface area contributed by atoms with Gasteiger partial charge in [-0.05, 0) is 31.6 Å². The third-order valence-electron chi connectivity index (χ3n) is 5.17. The number of methoxy groups -OCH3 is 3. The van der Waals surface area contributed by atoms with Gasteiger partial charge in [-0.1, -0.05) is 32.3 Å². The summed E-state index contributed by atoms with van der Waals surface area (Å²) in [5, 5.41) is 4.51. The van der Waals surface area contributed by atoms with Crippen LogP contribution < -0.4 is 14.2 Å². The number of aromatic nitrogens is 2. The summed E-state index contributed by atoms with van der Waals surface area (Å²) >= 11 is 0. The molecule has 1 heterocycles. The van der Waals surface area contributed by atoms with Crippen molar-refractivity contribution < 1.29 is 19.0 Å². The molecule has 0 aliphatic rings. The van der Waals surface area contributed by atoms with Crippen molar-refractivity contribution in [3.8, 4) is 17.2 Å². The SMILES string of the molecule is CCCCn1ccnc1/C(=N/OCCN(CC)CC)c1cc(OC)c(OC)c(OC)c1. The molecule has 1 aromatic carbocycles. The fraction of sp³-hybridized carbons (Fsp3) is 0.565. The van der Waals surface area contributed by atoms with Crippen molar-refractivity contribution in [2.45, 2.75) is 40.2 Å². The Balaban J connectivity index is 2.45. The topological polar surface area (TPSA) is 70.3 Å². The zero-order valence-corrected chi connectivity index (χ0v) is 19.7. The maximum atomic E-state index is 5.75. The number of hydrogen-bond acceptors (Lipinski definition) is 7. The number of unbranched alkanes of at least 4 members (excludes halogenated alkanes) is 1. The average molecular weight is 433 g/mol. The molecule has 0 radical (unpaired) electrons. The number of rotatable bonds is 14. The minimum Gasteiger partial charge on any atom is -0.493 e. The van der Waals surface area contributed by atoms with Crippen LogP contribution in [-0.2, 0) is 11.4 Å². The number of aryl methyl sites for hydroxylation is 1. The predicted molar refractivity (Wildman–Crippen MR) is 123 cm³/mol. The maximum absolute atomic E-state index is 5.75. The van der Waals surface area contributed by atoms with E-state index in [1.165, 1.54) is 0 Å². The highest BCUT2D eigenvalue weighted by atomic mass is 16.6. The van der Waals surface area contributed by atoms with E-state index < -0.39 is 0 Å². The van der Waals surface area contributed by atoms with Crippen LogP contribution in [0.3, 0.4) is 0 Å². The quantitative estimate of drug-likeness (QED) is 0.257. The number of hydrogen-bond donors (Lipinski definition) is 0. The van der Waals surface area contributed by atoms with Crippen LogP contribution in [-0.4, -0.2) is 67.7 Å². The first-order valence-electron chi connectivity index (χ1n) is 10.9. The summed E-state index contributed by atoms with van der Waals surface area (Å²) in [4.78, 5) is 12.6. The van der Waals surface area contributed by atoms with Gasteiger partial charge in [-0.2, -0.15) is 0 Å². The van der Waals surface area contributed by atoms with Gasteiger partial charge < -0.3 is 28.5 Å². The molecule has 8 heteroatoms. The zero-order valence-electron chi connectivity index (χ0n) is 19.7. The highest BCUT2D eigenvalue weighted by molar-refractivity contribution is 6.11. The smallest absolute Gasteiger partial charge is 0.203 e. The lowest BCUT2D eigenvalue weighted by molar-refractivity contribution is 0.114. The summed E-state index contributed by atoms with van der Waals surface area (Å²) in [7, 11) is 4.78. The Labute approximate surface area is 185 Å². The van der Waals surface area contributed by atoms with Crippen LogP contribution in [0.4, 0.5) is 0 Å².